The largest absolute Gasteiger partial charge is 0.382 e. The van der Waals surface area contributed by atoms with E-state index in [1.807, 2.05) is 0 Å². The maximum Gasteiger partial charge on any atom is 0.268 e. The normalized spacial score (nSPS) is 13.4. The lowest BCUT2D eigenvalue weighted by atomic mass is 10.1. The molecule has 13 heavy (non-hydrogen) atoms. The zero-order valence-corrected chi connectivity index (χ0v) is 9.52. The monoisotopic (exact) mass is 314 g/mol. The SMILES string of the molecule is OC(c1cc(Br)ccc1Br)C(F)F. The van der Waals surface area contributed by atoms with Crippen LogP contribution in [0.1, 0.15) is 11.7 Å². The van der Waals surface area contributed by atoms with Crippen molar-refractivity contribution in [2.45, 2.75) is 12.5 Å². The molecule has 0 aliphatic heterocycles. The summed E-state index contributed by atoms with van der Waals surface area (Å²) in [4.78, 5) is 0. The second-order valence-corrected chi connectivity index (χ2v) is 4.22. The van der Waals surface area contributed by atoms with Crippen LogP contribution in [0.25, 0.3) is 0 Å². The Bertz CT molecular complexity index is 304. The van der Waals surface area contributed by atoms with Crippen molar-refractivity contribution < 1.29 is 13.9 Å². The van der Waals surface area contributed by atoms with Gasteiger partial charge in [0.25, 0.3) is 6.43 Å². The summed E-state index contributed by atoms with van der Waals surface area (Å²) in [5, 5.41) is 9.10. The highest BCUT2D eigenvalue weighted by Gasteiger charge is 2.21. The molecule has 0 radical (unpaired) electrons. The highest BCUT2D eigenvalue weighted by Crippen LogP contribution is 2.30. The van der Waals surface area contributed by atoms with Gasteiger partial charge in [-0.3, -0.25) is 0 Å². The van der Waals surface area contributed by atoms with Crippen LogP contribution < -0.4 is 0 Å². The number of hydrogen-bond acceptors (Lipinski definition) is 1. The van der Waals surface area contributed by atoms with E-state index in [0.717, 1.165) is 0 Å². The van der Waals surface area contributed by atoms with Gasteiger partial charge in [-0.2, -0.15) is 0 Å². The molecular formula is C8H6Br2F2O. The zero-order chi connectivity index (χ0) is 10.0. The van der Waals surface area contributed by atoms with E-state index in [2.05, 4.69) is 31.9 Å². The topological polar surface area (TPSA) is 20.2 Å². The first-order chi connectivity index (χ1) is 6.02. The molecule has 1 atom stereocenters. The summed E-state index contributed by atoms with van der Waals surface area (Å²) in [6, 6.07) is 4.76. The van der Waals surface area contributed by atoms with Crippen LogP contribution in [0, 0.1) is 0 Å². The van der Waals surface area contributed by atoms with Gasteiger partial charge in [0.05, 0.1) is 0 Å². The lowest BCUT2D eigenvalue weighted by Gasteiger charge is -2.11. The Labute approximate surface area is 91.0 Å². The minimum Gasteiger partial charge on any atom is -0.382 e. The van der Waals surface area contributed by atoms with E-state index >= 15 is 0 Å². The van der Waals surface area contributed by atoms with Gasteiger partial charge in [-0.15, -0.1) is 0 Å². The first-order valence-corrected chi connectivity index (χ1v) is 5.02. The summed E-state index contributed by atoms with van der Waals surface area (Å²) < 4.78 is 25.4. The van der Waals surface area contributed by atoms with Crippen molar-refractivity contribution in [2.75, 3.05) is 0 Å². The predicted octanol–water partition coefficient (Wildman–Crippen LogP) is 3.51. The van der Waals surface area contributed by atoms with Crippen LogP contribution in [-0.2, 0) is 0 Å². The second-order valence-electron chi connectivity index (χ2n) is 2.45. The van der Waals surface area contributed by atoms with Gasteiger partial charge in [-0.05, 0) is 18.2 Å². The number of benzene rings is 1. The third-order valence-corrected chi connectivity index (χ3v) is 2.73. The predicted molar refractivity (Wildman–Crippen MR) is 52.8 cm³/mol. The Morgan fingerprint density at radius 1 is 1.23 bits per heavy atom. The van der Waals surface area contributed by atoms with Crippen LogP contribution in [0.2, 0.25) is 0 Å². The average Bonchev–Trinajstić information content (AvgIpc) is 2.08. The molecule has 0 saturated heterocycles. The van der Waals surface area contributed by atoms with Crippen LogP contribution in [-0.4, -0.2) is 11.5 Å². The van der Waals surface area contributed by atoms with Gasteiger partial charge in [0.2, 0.25) is 0 Å². The highest BCUT2D eigenvalue weighted by atomic mass is 79.9. The fourth-order valence-electron chi connectivity index (χ4n) is 0.877. The van der Waals surface area contributed by atoms with Gasteiger partial charge in [-0.1, -0.05) is 31.9 Å². The molecule has 1 nitrogen and oxygen atoms in total. The Morgan fingerprint density at radius 3 is 2.38 bits per heavy atom. The molecule has 5 heteroatoms. The van der Waals surface area contributed by atoms with E-state index in [-0.39, 0.29) is 5.56 Å². The minimum absolute atomic E-state index is 0.185. The molecule has 0 aliphatic carbocycles. The summed E-state index contributed by atoms with van der Waals surface area (Å²) in [6.45, 7) is 0. The summed E-state index contributed by atoms with van der Waals surface area (Å²) in [7, 11) is 0. The van der Waals surface area contributed by atoms with Crippen molar-refractivity contribution in [1.29, 1.82) is 0 Å². The molecule has 0 aliphatic rings. The van der Waals surface area contributed by atoms with Crippen molar-refractivity contribution in [2.24, 2.45) is 0 Å². The van der Waals surface area contributed by atoms with Gasteiger partial charge in [0.15, 0.2) is 0 Å². The van der Waals surface area contributed by atoms with Crippen LogP contribution in [0.3, 0.4) is 0 Å². The molecule has 1 aromatic carbocycles. The molecule has 1 rings (SSSR count). The van der Waals surface area contributed by atoms with E-state index in [9.17, 15) is 8.78 Å². The molecule has 1 aromatic rings. The number of halogens is 4. The van der Waals surface area contributed by atoms with Crippen molar-refractivity contribution in [3.05, 3.63) is 32.7 Å². The maximum atomic E-state index is 12.1. The van der Waals surface area contributed by atoms with Crippen LogP contribution >= 0.6 is 31.9 Å². The van der Waals surface area contributed by atoms with Gasteiger partial charge in [0.1, 0.15) is 6.10 Å². The standard InChI is InChI=1S/C8H6Br2F2O/c9-4-1-2-6(10)5(3-4)7(13)8(11)12/h1-3,7-8,13H. The quantitative estimate of drug-likeness (QED) is 0.885. The first kappa shape index (κ1) is 11.1. The van der Waals surface area contributed by atoms with Gasteiger partial charge >= 0.3 is 0 Å². The molecule has 0 amide bonds. The van der Waals surface area contributed by atoms with Gasteiger partial charge < -0.3 is 5.11 Å². The Balaban J connectivity index is 3.05. The molecule has 1 N–H and O–H groups in total. The second kappa shape index (κ2) is 4.48. The van der Waals surface area contributed by atoms with Crippen LogP contribution in [0.4, 0.5) is 8.78 Å². The maximum absolute atomic E-state index is 12.1. The van der Waals surface area contributed by atoms with Crippen molar-refractivity contribution in [3.8, 4) is 0 Å². The third kappa shape index (κ3) is 2.72. The Kier molecular flexibility index (Phi) is 3.82. The third-order valence-electron chi connectivity index (χ3n) is 1.52. The minimum atomic E-state index is -2.77. The smallest absolute Gasteiger partial charge is 0.268 e. The molecular weight excluding hydrogens is 310 g/mol. The fraction of sp³-hybridized carbons (Fsp3) is 0.250. The Morgan fingerprint density at radius 2 is 1.85 bits per heavy atom. The molecule has 0 fully saturated rings. The molecule has 0 bridgehead atoms. The van der Waals surface area contributed by atoms with E-state index in [0.29, 0.717) is 8.95 Å². The number of alkyl halides is 2. The summed E-state index contributed by atoms with van der Waals surface area (Å²) in [6.07, 6.45) is -4.52. The molecule has 0 saturated carbocycles. The lowest BCUT2D eigenvalue weighted by Crippen LogP contribution is -2.08. The molecule has 0 aromatic heterocycles. The first-order valence-electron chi connectivity index (χ1n) is 3.43. The summed E-state index contributed by atoms with van der Waals surface area (Å²) in [5.74, 6) is 0. The number of aliphatic hydroxyl groups is 1. The Hall–Kier alpha value is -0.000000000000000111. The van der Waals surface area contributed by atoms with Crippen LogP contribution in [0.5, 0.6) is 0 Å². The molecule has 0 heterocycles. The van der Waals surface area contributed by atoms with Crippen molar-refractivity contribution in [1.82, 2.24) is 0 Å². The molecule has 1 unspecified atom stereocenters. The fourth-order valence-corrected chi connectivity index (χ4v) is 1.74. The number of hydrogen-bond donors (Lipinski definition) is 1. The van der Waals surface area contributed by atoms with Crippen LogP contribution in [0.15, 0.2) is 27.1 Å². The van der Waals surface area contributed by atoms with E-state index in [4.69, 9.17) is 5.11 Å². The lowest BCUT2D eigenvalue weighted by molar-refractivity contribution is -0.00621. The molecule has 0 spiro atoms. The summed E-state index contributed by atoms with van der Waals surface area (Å²) >= 11 is 6.22. The average molecular weight is 316 g/mol. The zero-order valence-electron chi connectivity index (χ0n) is 6.35. The van der Waals surface area contributed by atoms with Gasteiger partial charge in [0, 0.05) is 14.5 Å². The van der Waals surface area contributed by atoms with Crippen molar-refractivity contribution in [3.63, 3.8) is 0 Å². The highest BCUT2D eigenvalue weighted by molar-refractivity contribution is 9.11. The summed E-state index contributed by atoms with van der Waals surface area (Å²) in [5.41, 5.74) is 0.185. The molecule has 72 valence electrons. The van der Waals surface area contributed by atoms with Gasteiger partial charge in [-0.25, -0.2) is 8.78 Å². The van der Waals surface area contributed by atoms with Crippen molar-refractivity contribution >= 4 is 31.9 Å². The van der Waals surface area contributed by atoms with E-state index in [1.165, 1.54) is 6.07 Å². The van der Waals surface area contributed by atoms with E-state index in [1.54, 1.807) is 12.1 Å². The number of rotatable bonds is 2. The number of aliphatic hydroxyl groups excluding tert-OH is 1. The van der Waals surface area contributed by atoms with E-state index < -0.39 is 12.5 Å².